The summed E-state index contributed by atoms with van der Waals surface area (Å²) in [7, 11) is 0. The van der Waals surface area contributed by atoms with E-state index in [0.29, 0.717) is 0 Å². The van der Waals surface area contributed by atoms with Crippen LogP contribution in [-0.2, 0) is 0 Å². The molecule has 0 aliphatic carbocycles. The number of para-hydroxylation sites is 3. The average molecular weight is 269 g/mol. The molecule has 0 N–H and O–H groups in total. The standard InChI is InChI=1S/C19H13N2/c1-3-9-15(10-4-1)19-20-17-13-7-8-14-18(17)21(19)16-11-5-2-6-12-16/h1-3,5-14H. The van der Waals surface area contributed by atoms with Crippen molar-refractivity contribution in [2.45, 2.75) is 0 Å². The second-order valence-corrected chi connectivity index (χ2v) is 4.89. The summed E-state index contributed by atoms with van der Waals surface area (Å²) in [5.41, 5.74) is 4.30. The van der Waals surface area contributed by atoms with Crippen molar-refractivity contribution >= 4 is 11.0 Å². The number of imidazole rings is 1. The van der Waals surface area contributed by atoms with Gasteiger partial charge in [0.15, 0.2) is 0 Å². The van der Waals surface area contributed by atoms with E-state index in [4.69, 9.17) is 4.98 Å². The largest absolute Gasteiger partial charge is 0.292 e. The molecule has 4 rings (SSSR count). The van der Waals surface area contributed by atoms with Gasteiger partial charge in [-0.3, -0.25) is 4.57 Å². The fraction of sp³-hybridized carbons (Fsp3) is 0. The summed E-state index contributed by atoms with van der Waals surface area (Å²) in [4.78, 5) is 4.80. The van der Waals surface area contributed by atoms with Gasteiger partial charge in [0.05, 0.1) is 11.0 Å². The zero-order valence-electron chi connectivity index (χ0n) is 11.4. The summed E-state index contributed by atoms with van der Waals surface area (Å²) in [6, 6.07) is 29.6. The third-order valence-corrected chi connectivity index (χ3v) is 3.54. The highest BCUT2D eigenvalue weighted by molar-refractivity contribution is 5.83. The molecule has 3 aromatic carbocycles. The zero-order chi connectivity index (χ0) is 14.1. The molecule has 0 unspecified atom stereocenters. The summed E-state index contributed by atoms with van der Waals surface area (Å²) < 4.78 is 2.19. The molecular weight excluding hydrogens is 256 g/mol. The Kier molecular flexibility index (Phi) is 2.79. The Bertz CT molecular complexity index is 877. The van der Waals surface area contributed by atoms with Gasteiger partial charge >= 0.3 is 0 Å². The number of aromatic nitrogens is 2. The molecule has 0 spiro atoms. The van der Waals surface area contributed by atoms with Crippen molar-refractivity contribution in [3.05, 3.63) is 84.9 Å². The maximum atomic E-state index is 4.80. The van der Waals surface area contributed by atoms with E-state index in [9.17, 15) is 0 Å². The lowest BCUT2D eigenvalue weighted by Gasteiger charge is -2.09. The quantitative estimate of drug-likeness (QED) is 0.524. The van der Waals surface area contributed by atoms with E-state index in [-0.39, 0.29) is 0 Å². The van der Waals surface area contributed by atoms with E-state index >= 15 is 0 Å². The Balaban J connectivity index is 2.07. The summed E-state index contributed by atoms with van der Waals surface area (Å²) in [6.45, 7) is 0. The van der Waals surface area contributed by atoms with Gasteiger partial charge in [0.25, 0.3) is 0 Å². The van der Waals surface area contributed by atoms with Gasteiger partial charge in [-0.1, -0.05) is 48.5 Å². The molecule has 0 saturated carbocycles. The van der Waals surface area contributed by atoms with Crippen LogP contribution in [0.25, 0.3) is 28.1 Å². The highest BCUT2D eigenvalue weighted by Crippen LogP contribution is 2.28. The Morgan fingerprint density at radius 3 is 2.43 bits per heavy atom. The number of hydrogen-bond acceptors (Lipinski definition) is 1. The molecule has 0 amide bonds. The first kappa shape index (κ1) is 11.9. The first-order valence-electron chi connectivity index (χ1n) is 6.93. The van der Waals surface area contributed by atoms with Gasteiger partial charge in [-0.2, -0.15) is 0 Å². The Morgan fingerprint density at radius 2 is 1.62 bits per heavy atom. The third kappa shape index (κ3) is 2.01. The van der Waals surface area contributed by atoms with Crippen LogP contribution in [0.3, 0.4) is 0 Å². The average Bonchev–Trinajstić information content (AvgIpc) is 2.96. The predicted octanol–water partition coefficient (Wildman–Crippen LogP) is 4.49. The maximum absolute atomic E-state index is 4.80. The van der Waals surface area contributed by atoms with E-state index < -0.39 is 0 Å². The number of nitrogens with zero attached hydrogens (tertiary/aromatic N) is 2. The monoisotopic (exact) mass is 269 g/mol. The van der Waals surface area contributed by atoms with Gasteiger partial charge in [-0.25, -0.2) is 4.98 Å². The number of benzene rings is 3. The van der Waals surface area contributed by atoms with Crippen molar-refractivity contribution in [3.63, 3.8) is 0 Å². The van der Waals surface area contributed by atoms with Crippen LogP contribution in [-0.4, -0.2) is 9.55 Å². The van der Waals surface area contributed by atoms with Crippen LogP contribution in [0.15, 0.2) is 78.9 Å². The molecule has 1 radical (unpaired) electrons. The Hall–Kier alpha value is -2.87. The lowest BCUT2D eigenvalue weighted by molar-refractivity contribution is 1.10. The van der Waals surface area contributed by atoms with Crippen LogP contribution in [0.4, 0.5) is 0 Å². The molecule has 4 aromatic rings. The van der Waals surface area contributed by atoms with Crippen molar-refractivity contribution in [2.24, 2.45) is 0 Å². The van der Waals surface area contributed by atoms with Crippen molar-refractivity contribution < 1.29 is 0 Å². The van der Waals surface area contributed by atoms with Crippen molar-refractivity contribution in [1.82, 2.24) is 9.55 Å². The Labute approximate surface area is 123 Å². The minimum absolute atomic E-state index is 0.944. The maximum Gasteiger partial charge on any atom is 0.145 e. The topological polar surface area (TPSA) is 17.8 Å². The van der Waals surface area contributed by atoms with Crippen LogP contribution < -0.4 is 0 Å². The Morgan fingerprint density at radius 1 is 0.810 bits per heavy atom. The fourth-order valence-electron chi connectivity index (χ4n) is 2.59. The van der Waals surface area contributed by atoms with Gasteiger partial charge in [0.2, 0.25) is 0 Å². The van der Waals surface area contributed by atoms with Crippen molar-refractivity contribution in [3.8, 4) is 17.1 Å². The van der Waals surface area contributed by atoms with Crippen LogP contribution in [0.5, 0.6) is 0 Å². The molecule has 1 aromatic heterocycles. The van der Waals surface area contributed by atoms with Crippen molar-refractivity contribution in [2.75, 3.05) is 0 Å². The summed E-state index contributed by atoms with van der Waals surface area (Å²) in [5, 5.41) is 0. The van der Waals surface area contributed by atoms with E-state index in [0.717, 1.165) is 28.1 Å². The smallest absolute Gasteiger partial charge is 0.145 e. The van der Waals surface area contributed by atoms with E-state index in [1.807, 2.05) is 54.6 Å². The molecule has 99 valence electrons. The number of fused-ring (bicyclic) bond motifs is 1. The molecule has 0 aliphatic heterocycles. The summed E-state index contributed by atoms with van der Waals surface area (Å²) >= 11 is 0. The highest BCUT2D eigenvalue weighted by Gasteiger charge is 2.13. The highest BCUT2D eigenvalue weighted by atomic mass is 15.1. The molecule has 0 fully saturated rings. The van der Waals surface area contributed by atoms with Gasteiger partial charge < -0.3 is 0 Å². The van der Waals surface area contributed by atoms with E-state index in [2.05, 4.69) is 34.9 Å². The molecule has 2 heteroatoms. The summed E-state index contributed by atoms with van der Waals surface area (Å²) in [6.07, 6.45) is 0. The summed E-state index contributed by atoms with van der Waals surface area (Å²) in [5.74, 6) is 0.944. The predicted molar refractivity (Wildman–Crippen MR) is 85.3 cm³/mol. The molecule has 1 heterocycles. The normalized spacial score (nSPS) is 10.9. The molecule has 2 nitrogen and oxygen atoms in total. The molecule has 21 heavy (non-hydrogen) atoms. The first-order chi connectivity index (χ1) is 10.4. The molecular formula is C19H13N2. The van der Waals surface area contributed by atoms with Gasteiger partial charge in [0.1, 0.15) is 5.82 Å². The molecule has 0 aliphatic rings. The fourth-order valence-corrected chi connectivity index (χ4v) is 2.59. The third-order valence-electron chi connectivity index (χ3n) is 3.54. The van der Waals surface area contributed by atoms with Crippen LogP contribution in [0.1, 0.15) is 0 Å². The minimum atomic E-state index is 0.944. The van der Waals surface area contributed by atoms with E-state index in [1.165, 1.54) is 0 Å². The van der Waals surface area contributed by atoms with Crippen molar-refractivity contribution in [1.29, 1.82) is 0 Å². The minimum Gasteiger partial charge on any atom is -0.292 e. The van der Waals surface area contributed by atoms with Gasteiger partial charge in [0, 0.05) is 11.3 Å². The van der Waals surface area contributed by atoms with Crippen LogP contribution in [0, 0.1) is 6.07 Å². The molecule has 0 atom stereocenters. The van der Waals surface area contributed by atoms with Crippen LogP contribution in [0.2, 0.25) is 0 Å². The number of rotatable bonds is 2. The SMILES string of the molecule is [c]1cccc(-c2nc3ccccc3n2-c2ccccc2)c1. The second-order valence-electron chi connectivity index (χ2n) is 4.89. The zero-order valence-corrected chi connectivity index (χ0v) is 11.4. The number of hydrogen-bond donors (Lipinski definition) is 0. The lowest BCUT2D eigenvalue weighted by atomic mass is 10.2. The van der Waals surface area contributed by atoms with Crippen LogP contribution >= 0.6 is 0 Å². The first-order valence-corrected chi connectivity index (χ1v) is 6.93. The second kappa shape index (κ2) is 4.91. The molecule has 0 saturated heterocycles. The van der Waals surface area contributed by atoms with Gasteiger partial charge in [-0.05, 0) is 36.4 Å². The van der Waals surface area contributed by atoms with E-state index in [1.54, 1.807) is 0 Å². The van der Waals surface area contributed by atoms with Gasteiger partial charge in [-0.15, -0.1) is 0 Å². The molecule has 0 bridgehead atoms. The lowest BCUT2D eigenvalue weighted by Crippen LogP contribution is -1.96.